The molecule has 0 amide bonds. The van der Waals surface area contributed by atoms with Crippen molar-refractivity contribution in [2.24, 2.45) is 0 Å². The first kappa shape index (κ1) is 17.8. The fourth-order valence-electron chi connectivity index (χ4n) is 0.819. The molecule has 0 spiro atoms. The molecule has 8 heteroatoms. The van der Waals surface area contributed by atoms with Crippen LogP contribution < -0.4 is 74.0 Å². The van der Waals surface area contributed by atoms with E-state index < -0.39 is 28.9 Å². The van der Waals surface area contributed by atoms with Gasteiger partial charge in [-0.15, -0.1) is 0 Å². The van der Waals surface area contributed by atoms with E-state index in [0.29, 0.717) is 0 Å². The van der Waals surface area contributed by atoms with Crippen LogP contribution in [0.25, 0.3) is 0 Å². The van der Waals surface area contributed by atoms with Gasteiger partial charge in [0.15, 0.2) is 0 Å². The Hall–Kier alpha value is 0.812. The van der Waals surface area contributed by atoms with Crippen LogP contribution in [-0.2, 0) is 4.79 Å². The summed E-state index contributed by atoms with van der Waals surface area (Å²) in [5.74, 6) is -8.31. The van der Waals surface area contributed by atoms with Gasteiger partial charge < -0.3 is 9.90 Å². The minimum Gasteiger partial charge on any atom is -0.544 e. The average Bonchev–Trinajstić information content (AvgIpc) is 2.18. The number of hydrogen-bond donors (Lipinski definition) is 0. The molecule has 88 valence electrons. The summed E-state index contributed by atoms with van der Waals surface area (Å²) in [6.45, 7) is 0. The van der Waals surface area contributed by atoms with Crippen molar-refractivity contribution in [3.8, 4) is 0 Å². The van der Waals surface area contributed by atoms with Gasteiger partial charge in [-0.2, -0.15) is 17.6 Å². The first-order valence-corrected chi connectivity index (χ1v) is 4.80. The van der Waals surface area contributed by atoms with E-state index in [-0.39, 0.29) is 73.8 Å². The molecule has 0 saturated carbocycles. The van der Waals surface area contributed by atoms with E-state index >= 15 is 0 Å². The number of halogens is 4. The van der Waals surface area contributed by atoms with Gasteiger partial charge in [-0.25, -0.2) is 0 Å². The third-order valence-electron chi connectivity index (χ3n) is 1.61. The summed E-state index contributed by atoms with van der Waals surface area (Å²) in [6, 6.07) is 6.60. The molecule has 0 aliphatic rings. The topological polar surface area (TPSA) is 40.1 Å². The van der Waals surface area contributed by atoms with Crippen molar-refractivity contribution in [2.75, 3.05) is 0 Å². The Morgan fingerprint density at radius 1 is 1.12 bits per heavy atom. The summed E-state index contributed by atoms with van der Waals surface area (Å²) in [5.41, 5.74) is 0. The van der Waals surface area contributed by atoms with E-state index in [2.05, 4.69) is 0 Å². The number of benzene rings is 1. The van der Waals surface area contributed by atoms with Gasteiger partial charge in [0.05, 0.1) is 0 Å². The van der Waals surface area contributed by atoms with Crippen LogP contribution in [0.4, 0.5) is 17.6 Å². The Balaban J connectivity index is 0.00000256. The predicted octanol–water partition coefficient (Wildman–Crippen LogP) is -1.24. The summed E-state index contributed by atoms with van der Waals surface area (Å²) in [7, 11) is 0. The number of rotatable bonds is 4. The Kier molecular flexibility index (Phi) is 7.15. The van der Waals surface area contributed by atoms with Crippen molar-refractivity contribution in [2.45, 2.75) is 16.1 Å². The van der Waals surface area contributed by atoms with Gasteiger partial charge in [-0.3, -0.25) is 0 Å². The largest absolute Gasteiger partial charge is 1.00 e. The zero-order valence-electron chi connectivity index (χ0n) is 8.62. The first-order valence-electron chi connectivity index (χ1n) is 3.98. The molecular formula is C9H5CsF4O2S. The number of hydrogen-bond acceptors (Lipinski definition) is 3. The van der Waals surface area contributed by atoms with Gasteiger partial charge in [0, 0.05) is 4.90 Å². The van der Waals surface area contributed by atoms with Gasteiger partial charge in [-0.05, 0) is 23.9 Å². The molecule has 17 heavy (non-hydrogen) atoms. The minimum absolute atomic E-state index is 0. The number of alkyl halides is 4. The fraction of sp³-hybridized carbons (Fsp3) is 0.222. The third-order valence-corrected chi connectivity index (χ3v) is 2.63. The Morgan fingerprint density at radius 3 is 2.00 bits per heavy atom. The van der Waals surface area contributed by atoms with Crippen LogP contribution in [0.3, 0.4) is 0 Å². The molecule has 0 N–H and O–H groups in total. The Bertz CT molecular complexity index is 386. The quantitative estimate of drug-likeness (QED) is 0.481. The van der Waals surface area contributed by atoms with Crippen molar-refractivity contribution in [1.82, 2.24) is 0 Å². The van der Waals surface area contributed by atoms with Gasteiger partial charge in [0.1, 0.15) is 5.97 Å². The molecule has 0 bridgehead atoms. The third kappa shape index (κ3) is 4.44. The monoisotopic (exact) mass is 386 g/mol. The SMILES string of the molecule is O=C([O-])C(F)(F)C(F)(F)Sc1ccccc1.[Cs+]. The van der Waals surface area contributed by atoms with Gasteiger partial charge in [-0.1, -0.05) is 18.2 Å². The molecule has 0 atom stereocenters. The molecule has 0 aliphatic carbocycles. The molecule has 0 unspecified atom stereocenters. The zero-order chi connectivity index (χ0) is 12.4. The number of aliphatic carboxylic acids is 1. The Morgan fingerprint density at radius 2 is 1.59 bits per heavy atom. The second kappa shape index (κ2) is 6.83. The van der Waals surface area contributed by atoms with Crippen molar-refractivity contribution in [1.29, 1.82) is 0 Å². The van der Waals surface area contributed by atoms with Crippen LogP contribution >= 0.6 is 11.8 Å². The molecule has 1 aromatic rings. The van der Waals surface area contributed by atoms with Crippen LogP contribution in [0.2, 0.25) is 0 Å². The molecule has 0 heterocycles. The van der Waals surface area contributed by atoms with Crippen LogP contribution in [0.5, 0.6) is 0 Å². The van der Waals surface area contributed by atoms with E-state index in [9.17, 15) is 27.5 Å². The van der Waals surface area contributed by atoms with Gasteiger partial charge >= 0.3 is 80.1 Å². The normalized spacial score (nSPS) is 11.8. The Labute approximate surface area is 158 Å². The van der Waals surface area contributed by atoms with Gasteiger partial charge in [0.2, 0.25) is 0 Å². The maximum absolute atomic E-state index is 12.9. The van der Waals surface area contributed by atoms with Crippen molar-refractivity contribution in [3.63, 3.8) is 0 Å². The summed E-state index contributed by atoms with van der Waals surface area (Å²) >= 11 is -0.523. The molecule has 1 rings (SSSR count). The number of carboxylic acids is 1. The standard InChI is InChI=1S/C9H6F4O2S.Cs/c10-8(11,7(14)15)9(12,13)16-6-4-2-1-3-5-6;/h1-5H,(H,14,15);/q;+1/p-1. The summed E-state index contributed by atoms with van der Waals surface area (Å²) in [6.07, 6.45) is 0. The van der Waals surface area contributed by atoms with Crippen molar-refractivity contribution in [3.05, 3.63) is 30.3 Å². The molecule has 0 aliphatic heterocycles. The van der Waals surface area contributed by atoms with Crippen LogP contribution in [0.15, 0.2) is 35.2 Å². The molecule has 0 saturated heterocycles. The smallest absolute Gasteiger partial charge is 0.544 e. The maximum Gasteiger partial charge on any atom is 1.00 e. The summed E-state index contributed by atoms with van der Waals surface area (Å²) in [5, 5.41) is 5.15. The summed E-state index contributed by atoms with van der Waals surface area (Å²) in [4.78, 5) is 9.74. The van der Waals surface area contributed by atoms with E-state index in [1.165, 1.54) is 30.3 Å². The van der Waals surface area contributed by atoms with Crippen molar-refractivity contribution >= 4 is 17.7 Å². The number of thioether (sulfide) groups is 1. The molecule has 1 aromatic carbocycles. The average molecular weight is 386 g/mol. The number of carboxylic acid groups (broad SMARTS) is 1. The van der Waals surface area contributed by atoms with Crippen LogP contribution in [-0.4, -0.2) is 17.1 Å². The van der Waals surface area contributed by atoms with Crippen molar-refractivity contribution < 1.29 is 96.4 Å². The minimum atomic E-state index is -5.21. The fourth-order valence-corrected chi connectivity index (χ4v) is 1.62. The second-order valence-corrected chi connectivity index (χ2v) is 3.98. The van der Waals surface area contributed by atoms with E-state index in [1.807, 2.05) is 0 Å². The molecule has 0 radical (unpaired) electrons. The van der Waals surface area contributed by atoms with Crippen LogP contribution in [0.1, 0.15) is 0 Å². The predicted molar refractivity (Wildman–Crippen MR) is 47.2 cm³/mol. The second-order valence-electron chi connectivity index (χ2n) is 2.79. The first-order chi connectivity index (χ1) is 7.27. The van der Waals surface area contributed by atoms with Crippen LogP contribution in [0, 0.1) is 0 Å². The number of carbonyl (C=O) groups is 1. The van der Waals surface area contributed by atoms with E-state index in [1.54, 1.807) is 0 Å². The van der Waals surface area contributed by atoms with E-state index in [0.717, 1.165) is 0 Å². The molecule has 0 fully saturated rings. The van der Waals surface area contributed by atoms with E-state index in [4.69, 9.17) is 0 Å². The maximum atomic E-state index is 12.9. The zero-order valence-corrected chi connectivity index (χ0v) is 15.7. The number of carbonyl (C=O) groups excluding carboxylic acids is 1. The molecule has 0 aromatic heterocycles. The molecular weight excluding hydrogens is 381 g/mol. The summed E-state index contributed by atoms with van der Waals surface area (Å²) < 4.78 is 51.0. The van der Waals surface area contributed by atoms with Gasteiger partial charge in [0.25, 0.3) is 0 Å². The molecule has 2 nitrogen and oxygen atoms in total.